The maximum absolute atomic E-state index is 10.7. The number of carbonyl (C=O) groups is 1. The molecule has 1 amide bonds. The number of nitrogens with zero attached hydrogens (tertiary/aromatic N) is 1. The molecule has 11 heavy (non-hydrogen) atoms. The summed E-state index contributed by atoms with van der Waals surface area (Å²) >= 11 is 0. The monoisotopic (exact) mass is 157 g/mol. The third kappa shape index (κ3) is 6.86. The van der Waals surface area contributed by atoms with E-state index in [0.717, 1.165) is 6.54 Å². The first-order chi connectivity index (χ1) is 5.16. The molecule has 4 nitrogen and oxygen atoms in total. The first-order valence-electron chi connectivity index (χ1n) is 3.47. The molecule has 0 bridgehead atoms. The topological polar surface area (TPSA) is 58.4 Å². The van der Waals surface area contributed by atoms with Crippen LogP contribution in [0.5, 0.6) is 0 Å². The molecule has 0 saturated carbocycles. The van der Waals surface area contributed by atoms with Gasteiger partial charge >= 0.3 is 0 Å². The van der Waals surface area contributed by atoms with Crippen LogP contribution in [-0.2, 0) is 4.79 Å². The van der Waals surface area contributed by atoms with E-state index in [2.05, 4.69) is 5.32 Å². The Kier molecular flexibility index (Phi) is 5.20. The van der Waals surface area contributed by atoms with Crippen molar-refractivity contribution in [2.75, 3.05) is 27.2 Å². The zero-order chi connectivity index (χ0) is 8.69. The fraction of sp³-hybridized carbons (Fsp3) is 0.571. The second kappa shape index (κ2) is 5.73. The Labute approximate surface area is 67.1 Å². The lowest BCUT2D eigenvalue weighted by Crippen LogP contribution is -2.30. The summed E-state index contributed by atoms with van der Waals surface area (Å²) in [6.07, 6.45) is 2.53. The van der Waals surface area contributed by atoms with Gasteiger partial charge in [-0.1, -0.05) is 0 Å². The van der Waals surface area contributed by atoms with E-state index in [0.29, 0.717) is 6.54 Å². The number of hydrogen-bond donors (Lipinski definition) is 2. The normalized spacial score (nSPS) is 10.8. The highest BCUT2D eigenvalue weighted by atomic mass is 16.1. The molecule has 0 fully saturated rings. The SMILES string of the molecule is CN(C)CCNC(=O)/C=C/N. The molecule has 0 rings (SSSR count). The summed E-state index contributed by atoms with van der Waals surface area (Å²) in [6, 6.07) is 0. The van der Waals surface area contributed by atoms with E-state index in [-0.39, 0.29) is 5.91 Å². The van der Waals surface area contributed by atoms with Crippen molar-refractivity contribution in [3.05, 3.63) is 12.3 Å². The van der Waals surface area contributed by atoms with E-state index in [1.165, 1.54) is 12.3 Å². The highest BCUT2D eigenvalue weighted by Crippen LogP contribution is 1.72. The summed E-state index contributed by atoms with van der Waals surface area (Å²) in [7, 11) is 3.90. The number of nitrogens with one attached hydrogen (secondary N) is 1. The van der Waals surface area contributed by atoms with Crippen molar-refractivity contribution in [2.24, 2.45) is 5.73 Å². The summed E-state index contributed by atoms with van der Waals surface area (Å²) < 4.78 is 0. The third-order valence-corrected chi connectivity index (χ3v) is 1.11. The fourth-order valence-corrected chi connectivity index (χ4v) is 0.549. The van der Waals surface area contributed by atoms with Crippen LogP contribution in [0.4, 0.5) is 0 Å². The number of rotatable bonds is 4. The molecule has 0 aliphatic rings. The number of likely N-dealkylation sites (N-methyl/N-ethyl adjacent to an activating group) is 1. The van der Waals surface area contributed by atoms with Gasteiger partial charge in [0.1, 0.15) is 0 Å². The van der Waals surface area contributed by atoms with Crippen molar-refractivity contribution in [3.63, 3.8) is 0 Å². The minimum atomic E-state index is -0.144. The van der Waals surface area contributed by atoms with Crippen molar-refractivity contribution in [1.29, 1.82) is 0 Å². The zero-order valence-corrected chi connectivity index (χ0v) is 7.00. The Hall–Kier alpha value is -1.03. The van der Waals surface area contributed by atoms with Crippen LogP contribution in [0.3, 0.4) is 0 Å². The molecule has 0 aromatic heterocycles. The average molecular weight is 157 g/mol. The van der Waals surface area contributed by atoms with Crippen LogP contribution in [0.25, 0.3) is 0 Å². The van der Waals surface area contributed by atoms with Gasteiger partial charge in [0.05, 0.1) is 0 Å². The molecule has 4 heteroatoms. The van der Waals surface area contributed by atoms with Crippen molar-refractivity contribution in [3.8, 4) is 0 Å². The Morgan fingerprint density at radius 3 is 2.73 bits per heavy atom. The van der Waals surface area contributed by atoms with E-state index >= 15 is 0 Å². The van der Waals surface area contributed by atoms with E-state index in [9.17, 15) is 4.79 Å². The van der Waals surface area contributed by atoms with Crippen LogP contribution in [0.15, 0.2) is 12.3 Å². The third-order valence-electron chi connectivity index (χ3n) is 1.11. The number of hydrogen-bond acceptors (Lipinski definition) is 3. The van der Waals surface area contributed by atoms with Gasteiger partial charge in [-0.3, -0.25) is 4.79 Å². The highest BCUT2D eigenvalue weighted by molar-refractivity contribution is 5.87. The van der Waals surface area contributed by atoms with E-state index in [1.54, 1.807) is 0 Å². The molecule has 0 radical (unpaired) electrons. The van der Waals surface area contributed by atoms with Crippen LogP contribution in [0, 0.1) is 0 Å². The van der Waals surface area contributed by atoms with Gasteiger partial charge in [-0.2, -0.15) is 0 Å². The number of carbonyl (C=O) groups excluding carboxylic acids is 1. The van der Waals surface area contributed by atoms with Gasteiger partial charge in [-0.15, -0.1) is 0 Å². The molecule has 0 aliphatic heterocycles. The summed E-state index contributed by atoms with van der Waals surface area (Å²) in [5.41, 5.74) is 5.01. The van der Waals surface area contributed by atoms with E-state index in [1.807, 2.05) is 19.0 Å². The fourth-order valence-electron chi connectivity index (χ4n) is 0.549. The van der Waals surface area contributed by atoms with Crippen molar-refractivity contribution < 1.29 is 4.79 Å². The van der Waals surface area contributed by atoms with Crippen molar-refractivity contribution in [2.45, 2.75) is 0 Å². The minimum Gasteiger partial charge on any atom is -0.404 e. The predicted octanol–water partition coefficient (Wildman–Crippen LogP) is -0.863. The second-order valence-corrected chi connectivity index (χ2v) is 2.45. The molecule has 0 spiro atoms. The standard InChI is InChI=1S/C7H15N3O/c1-10(2)6-5-9-7(11)3-4-8/h3-4H,5-6,8H2,1-2H3,(H,9,11)/b4-3+. The van der Waals surface area contributed by atoms with Crippen LogP contribution in [0.1, 0.15) is 0 Å². The number of amides is 1. The minimum absolute atomic E-state index is 0.144. The maximum atomic E-state index is 10.7. The summed E-state index contributed by atoms with van der Waals surface area (Å²) in [5, 5.41) is 2.67. The lowest BCUT2D eigenvalue weighted by atomic mass is 10.5. The molecule has 0 atom stereocenters. The Morgan fingerprint density at radius 2 is 2.27 bits per heavy atom. The van der Waals surface area contributed by atoms with Gasteiger partial charge in [0.2, 0.25) is 5.91 Å². The van der Waals surface area contributed by atoms with Crippen molar-refractivity contribution >= 4 is 5.91 Å². The van der Waals surface area contributed by atoms with Crippen LogP contribution in [-0.4, -0.2) is 38.0 Å². The van der Waals surface area contributed by atoms with E-state index < -0.39 is 0 Å². The van der Waals surface area contributed by atoms with Gasteiger partial charge in [0.25, 0.3) is 0 Å². The van der Waals surface area contributed by atoms with Crippen LogP contribution < -0.4 is 11.1 Å². The maximum Gasteiger partial charge on any atom is 0.245 e. The average Bonchev–Trinajstić information content (AvgIpc) is 1.87. The lowest BCUT2D eigenvalue weighted by Gasteiger charge is -2.08. The zero-order valence-electron chi connectivity index (χ0n) is 7.00. The van der Waals surface area contributed by atoms with Crippen molar-refractivity contribution in [1.82, 2.24) is 10.2 Å². The first-order valence-corrected chi connectivity index (χ1v) is 3.47. The number of nitrogens with two attached hydrogens (primary N) is 1. The first kappa shape index (κ1) is 9.97. The molecule has 0 unspecified atom stereocenters. The van der Waals surface area contributed by atoms with Gasteiger partial charge in [-0.05, 0) is 20.3 Å². The Balaban J connectivity index is 3.32. The molecular weight excluding hydrogens is 142 g/mol. The second-order valence-electron chi connectivity index (χ2n) is 2.45. The summed E-state index contributed by atoms with van der Waals surface area (Å²) in [6.45, 7) is 1.49. The van der Waals surface area contributed by atoms with Gasteiger partial charge in [0, 0.05) is 19.2 Å². The van der Waals surface area contributed by atoms with Crippen LogP contribution >= 0.6 is 0 Å². The van der Waals surface area contributed by atoms with E-state index in [4.69, 9.17) is 5.73 Å². The van der Waals surface area contributed by atoms with Gasteiger partial charge in [-0.25, -0.2) is 0 Å². The quantitative estimate of drug-likeness (QED) is 0.522. The lowest BCUT2D eigenvalue weighted by molar-refractivity contribution is -0.116. The smallest absolute Gasteiger partial charge is 0.245 e. The summed E-state index contributed by atoms with van der Waals surface area (Å²) in [4.78, 5) is 12.7. The largest absolute Gasteiger partial charge is 0.404 e. The molecule has 64 valence electrons. The molecule has 3 N–H and O–H groups in total. The molecule has 0 aromatic rings. The predicted molar refractivity (Wildman–Crippen MR) is 44.9 cm³/mol. The molecule has 0 saturated heterocycles. The van der Waals surface area contributed by atoms with Gasteiger partial charge in [0.15, 0.2) is 0 Å². The highest BCUT2D eigenvalue weighted by Gasteiger charge is 1.93. The summed E-state index contributed by atoms with van der Waals surface area (Å²) in [5.74, 6) is -0.144. The molecule has 0 aromatic carbocycles. The molecule has 0 heterocycles. The molecule has 0 aliphatic carbocycles. The Bertz CT molecular complexity index is 143. The Morgan fingerprint density at radius 1 is 1.64 bits per heavy atom. The molecular formula is C7H15N3O. The van der Waals surface area contributed by atoms with Gasteiger partial charge < -0.3 is 16.0 Å². The van der Waals surface area contributed by atoms with Crippen LogP contribution in [0.2, 0.25) is 0 Å².